The maximum atomic E-state index is 13.0. The lowest BCUT2D eigenvalue weighted by atomic mass is 9.80. The van der Waals surface area contributed by atoms with E-state index in [1.54, 1.807) is 0 Å². The number of esters is 1. The number of fused-ring (bicyclic) bond motifs is 1. The molecule has 2 saturated heterocycles. The van der Waals surface area contributed by atoms with Gasteiger partial charge >= 0.3 is 5.97 Å². The lowest BCUT2D eigenvalue weighted by Crippen LogP contribution is -2.34. The second-order valence-electron chi connectivity index (χ2n) is 6.46. The Hall–Kier alpha value is -2.91. The fraction of sp³-hybridized carbons (Fsp3) is 0.136. The van der Waals surface area contributed by atoms with Crippen LogP contribution in [-0.4, -0.2) is 12.1 Å². The maximum Gasteiger partial charge on any atom is 0.347 e. The smallest absolute Gasteiger partial charge is 0.347 e. The predicted molar refractivity (Wildman–Crippen MR) is 92.7 cm³/mol. The van der Waals surface area contributed by atoms with Crippen LogP contribution < -0.4 is 0 Å². The second-order valence-corrected chi connectivity index (χ2v) is 6.46. The summed E-state index contributed by atoms with van der Waals surface area (Å²) in [6.07, 6.45) is -0.375. The molecule has 0 N–H and O–H groups in total. The van der Waals surface area contributed by atoms with Gasteiger partial charge in [0.15, 0.2) is 11.7 Å². The molecule has 2 aliphatic heterocycles. The van der Waals surface area contributed by atoms with Crippen molar-refractivity contribution in [3.8, 4) is 0 Å². The molecular weight excluding hydrogens is 312 g/mol. The SMILES string of the molecule is O=C1OC(c2ccccc2)(c2ccccc2)[C@H]2O[C@@]12c1ccccc1. The molecule has 3 aromatic carbocycles. The maximum absolute atomic E-state index is 13.0. The zero-order valence-corrected chi connectivity index (χ0v) is 13.5. The van der Waals surface area contributed by atoms with Crippen molar-refractivity contribution >= 4 is 5.97 Å². The first-order valence-corrected chi connectivity index (χ1v) is 8.36. The zero-order valence-electron chi connectivity index (χ0n) is 13.5. The third-order valence-corrected chi connectivity index (χ3v) is 5.15. The highest BCUT2D eigenvalue weighted by Crippen LogP contribution is 2.64. The van der Waals surface area contributed by atoms with Gasteiger partial charge in [0.25, 0.3) is 0 Å². The van der Waals surface area contributed by atoms with Crippen molar-refractivity contribution in [3.63, 3.8) is 0 Å². The Morgan fingerprint density at radius 1 is 0.600 bits per heavy atom. The minimum Gasteiger partial charge on any atom is -0.444 e. The van der Waals surface area contributed by atoms with Gasteiger partial charge in [0.05, 0.1) is 0 Å². The van der Waals surface area contributed by atoms with Crippen molar-refractivity contribution < 1.29 is 14.3 Å². The van der Waals surface area contributed by atoms with Gasteiger partial charge in [0, 0.05) is 11.1 Å². The van der Waals surface area contributed by atoms with Gasteiger partial charge in [0.2, 0.25) is 5.60 Å². The van der Waals surface area contributed by atoms with E-state index in [0.29, 0.717) is 0 Å². The minimum atomic E-state index is -1.01. The Bertz CT molecular complexity index is 882. The molecule has 0 aromatic heterocycles. The van der Waals surface area contributed by atoms with Crippen LogP contribution in [0.25, 0.3) is 0 Å². The molecule has 0 radical (unpaired) electrons. The van der Waals surface area contributed by atoms with Gasteiger partial charge in [-0.3, -0.25) is 0 Å². The van der Waals surface area contributed by atoms with Gasteiger partial charge in [-0.2, -0.15) is 0 Å². The van der Waals surface area contributed by atoms with Gasteiger partial charge in [-0.15, -0.1) is 0 Å². The van der Waals surface area contributed by atoms with Crippen LogP contribution in [0.5, 0.6) is 0 Å². The summed E-state index contributed by atoms with van der Waals surface area (Å²) >= 11 is 0. The first-order valence-electron chi connectivity index (χ1n) is 8.36. The van der Waals surface area contributed by atoms with Crippen LogP contribution in [0.1, 0.15) is 16.7 Å². The largest absolute Gasteiger partial charge is 0.444 e. The highest BCUT2D eigenvalue weighted by molar-refractivity contribution is 5.90. The van der Waals surface area contributed by atoms with Gasteiger partial charge in [0.1, 0.15) is 0 Å². The average molecular weight is 328 g/mol. The number of carbonyl (C=O) groups excluding carboxylic acids is 1. The number of epoxide rings is 1. The Labute approximate surface area is 145 Å². The van der Waals surface area contributed by atoms with Crippen LogP contribution >= 0.6 is 0 Å². The number of rotatable bonds is 3. The lowest BCUT2D eigenvalue weighted by Gasteiger charge is -2.29. The molecule has 0 bridgehead atoms. The summed E-state index contributed by atoms with van der Waals surface area (Å²) in [4.78, 5) is 13.0. The van der Waals surface area contributed by atoms with E-state index in [-0.39, 0.29) is 12.1 Å². The van der Waals surface area contributed by atoms with E-state index >= 15 is 0 Å². The summed E-state index contributed by atoms with van der Waals surface area (Å²) in [7, 11) is 0. The van der Waals surface area contributed by atoms with Crippen LogP contribution in [0.3, 0.4) is 0 Å². The summed E-state index contributed by atoms with van der Waals surface area (Å²) in [5.41, 5.74) is 0.769. The number of hydrogen-bond acceptors (Lipinski definition) is 3. The van der Waals surface area contributed by atoms with Crippen LogP contribution in [-0.2, 0) is 25.5 Å². The molecule has 0 saturated carbocycles. The summed E-state index contributed by atoms with van der Waals surface area (Å²) in [5.74, 6) is -0.323. The molecule has 0 spiro atoms. The molecule has 5 rings (SSSR count). The van der Waals surface area contributed by atoms with Crippen molar-refractivity contribution in [1.29, 1.82) is 0 Å². The van der Waals surface area contributed by atoms with E-state index in [1.807, 2.05) is 91.0 Å². The molecule has 122 valence electrons. The van der Waals surface area contributed by atoms with E-state index in [0.717, 1.165) is 16.7 Å². The number of cyclic esters (lactones) is 1. The summed E-state index contributed by atoms with van der Waals surface area (Å²) < 4.78 is 12.2. The standard InChI is InChI=1S/C22H16O3/c23-20-22(18-14-8-3-9-15-18)19(24-22)21(25-20,16-10-4-1-5-11-16)17-12-6-2-7-13-17/h1-15,19H/t19-,22-/m1/s1. The zero-order chi connectivity index (χ0) is 16.9. The molecule has 0 unspecified atom stereocenters. The van der Waals surface area contributed by atoms with Crippen LogP contribution in [0.15, 0.2) is 91.0 Å². The second kappa shape index (κ2) is 5.04. The highest BCUT2D eigenvalue weighted by atomic mass is 16.7. The Kier molecular flexibility index (Phi) is 2.91. The fourth-order valence-electron chi connectivity index (χ4n) is 3.93. The Morgan fingerprint density at radius 2 is 1.00 bits per heavy atom. The molecular formula is C22H16O3. The van der Waals surface area contributed by atoms with Gasteiger partial charge < -0.3 is 9.47 Å². The number of benzene rings is 3. The lowest BCUT2D eigenvalue weighted by molar-refractivity contribution is -0.161. The Morgan fingerprint density at radius 3 is 1.40 bits per heavy atom. The minimum absolute atomic E-state index is 0.323. The van der Waals surface area contributed by atoms with Crippen LogP contribution in [0.4, 0.5) is 0 Å². The van der Waals surface area contributed by atoms with Crippen molar-refractivity contribution in [2.75, 3.05) is 0 Å². The van der Waals surface area contributed by atoms with Crippen molar-refractivity contribution in [2.24, 2.45) is 0 Å². The van der Waals surface area contributed by atoms with E-state index in [2.05, 4.69) is 0 Å². The number of carbonyl (C=O) groups is 1. The topological polar surface area (TPSA) is 38.8 Å². The molecule has 3 heteroatoms. The fourth-order valence-corrected chi connectivity index (χ4v) is 3.93. The van der Waals surface area contributed by atoms with Crippen molar-refractivity contribution in [2.45, 2.75) is 17.3 Å². The molecule has 2 aliphatic rings. The van der Waals surface area contributed by atoms with Crippen molar-refractivity contribution in [1.82, 2.24) is 0 Å². The Balaban J connectivity index is 1.72. The average Bonchev–Trinajstić information content (AvgIpc) is 3.40. The van der Waals surface area contributed by atoms with Gasteiger partial charge in [-0.25, -0.2) is 4.79 Å². The number of hydrogen-bond donors (Lipinski definition) is 0. The van der Waals surface area contributed by atoms with E-state index in [1.165, 1.54) is 0 Å². The molecule has 2 fully saturated rings. The molecule has 0 aliphatic carbocycles. The molecule has 3 aromatic rings. The van der Waals surface area contributed by atoms with Crippen LogP contribution in [0, 0.1) is 0 Å². The number of ether oxygens (including phenoxy) is 2. The highest BCUT2D eigenvalue weighted by Gasteiger charge is 2.80. The molecule has 2 atom stereocenters. The monoisotopic (exact) mass is 328 g/mol. The quantitative estimate of drug-likeness (QED) is 0.542. The van der Waals surface area contributed by atoms with Gasteiger partial charge in [-0.05, 0) is 5.56 Å². The first-order chi connectivity index (χ1) is 12.3. The summed E-state index contributed by atoms with van der Waals surface area (Å²) in [6, 6.07) is 29.3. The predicted octanol–water partition coefficient (Wildman–Crippen LogP) is 3.78. The normalized spacial score (nSPS) is 25.9. The molecule has 25 heavy (non-hydrogen) atoms. The third-order valence-electron chi connectivity index (χ3n) is 5.15. The molecule has 0 amide bonds. The summed E-state index contributed by atoms with van der Waals surface area (Å²) in [5, 5.41) is 0. The van der Waals surface area contributed by atoms with E-state index < -0.39 is 11.2 Å². The summed E-state index contributed by atoms with van der Waals surface area (Å²) in [6.45, 7) is 0. The molecule has 2 heterocycles. The van der Waals surface area contributed by atoms with Crippen molar-refractivity contribution in [3.05, 3.63) is 108 Å². The molecule has 3 nitrogen and oxygen atoms in total. The van der Waals surface area contributed by atoms with E-state index in [4.69, 9.17) is 9.47 Å². The van der Waals surface area contributed by atoms with E-state index in [9.17, 15) is 4.79 Å². The van der Waals surface area contributed by atoms with Crippen LogP contribution in [0.2, 0.25) is 0 Å². The first kappa shape index (κ1) is 14.4. The third kappa shape index (κ3) is 1.81. The van der Waals surface area contributed by atoms with Gasteiger partial charge in [-0.1, -0.05) is 91.0 Å².